The van der Waals surface area contributed by atoms with E-state index in [2.05, 4.69) is 4.84 Å². The molecule has 1 aromatic carbocycles. The molecule has 92 valence electrons. The fourth-order valence-corrected chi connectivity index (χ4v) is 1.12. The number of amides is 1. The smallest absolute Gasteiger partial charge is 0.434 e. The first-order chi connectivity index (χ1) is 8.13. The Hall–Kier alpha value is -2.08. The fraction of sp³-hybridized carbons (Fsp3) is 0.273. The Morgan fingerprint density at radius 3 is 2.47 bits per heavy atom. The van der Waals surface area contributed by atoms with Gasteiger partial charge in [-0.05, 0) is 5.56 Å². The van der Waals surface area contributed by atoms with E-state index in [1.807, 2.05) is 18.2 Å². The normalized spacial score (nSPS) is 9.71. The van der Waals surface area contributed by atoms with Crippen LogP contribution in [0.15, 0.2) is 30.3 Å². The van der Waals surface area contributed by atoms with Crippen molar-refractivity contribution in [2.24, 2.45) is 0 Å². The van der Waals surface area contributed by atoms with Crippen molar-refractivity contribution in [2.45, 2.75) is 6.61 Å². The molecule has 6 heteroatoms. The molecule has 17 heavy (non-hydrogen) atoms. The van der Waals surface area contributed by atoms with Gasteiger partial charge in [0.15, 0.2) is 0 Å². The summed E-state index contributed by atoms with van der Waals surface area (Å²) in [5, 5.41) is 9.15. The number of rotatable bonds is 5. The monoisotopic (exact) mass is 239 g/mol. The van der Waals surface area contributed by atoms with Crippen LogP contribution in [0.25, 0.3) is 0 Å². The van der Waals surface area contributed by atoms with Gasteiger partial charge in [-0.2, -0.15) is 5.06 Å². The van der Waals surface area contributed by atoms with Gasteiger partial charge in [0.25, 0.3) is 0 Å². The van der Waals surface area contributed by atoms with Crippen molar-refractivity contribution in [3.05, 3.63) is 35.9 Å². The van der Waals surface area contributed by atoms with Crippen LogP contribution in [0.1, 0.15) is 5.56 Å². The number of carbonyl (C=O) groups is 2. The number of benzene rings is 1. The number of nitrogens with zero attached hydrogens (tertiary/aromatic N) is 1. The molecule has 1 aromatic rings. The van der Waals surface area contributed by atoms with Crippen LogP contribution >= 0.6 is 0 Å². The lowest BCUT2D eigenvalue weighted by Gasteiger charge is -2.16. The summed E-state index contributed by atoms with van der Waals surface area (Å²) in [4.78, 5) is 26.4. The van der Waals surface area contributed by atoms with Crippen LogP contribution in [-0.4, -0.2) is 35.9 Å². The first-order valence-electron chi connectivity index (χ1n) is 4.87. The predicted octanol–water partition coefficient (Wildman–Crippen LogP) is 1.27. The molecule has 0 heterocycles. The zero-order valence-corrected chi connectivity index (χ0v) is 9.33. The molecule has 0 spiro atoms. The van der Waals surface area contributed by atoms with E-state index in [9.17, 15) is 9.59 Å². The molecule has 0 unspecified atom stereocenters. The summed E-state index contributed by atoms with van der Waals surface area (Å²) in [6.45, 7) is -0.497. The second-order valence-electron chi connectivity index (χ2n) is 3.15. The van der Waals surface area contributed by atoms with Gasteiger partial charge in [0, 0.05) is 0 Å². The third-order valence-electron chi connectivity index (χ3n) is 1.91. The number of carboxylic acids is 1. The van der Waals surface area contributed by atoms with E-state index in [0.29, 0.717) is 5.06 Å². The molecule has 0 bridgehead atoms. The molecule has 1 rings (SSSR count). The van der Waals surface area contributed by atoms with Crippen LogP contribution in [0, 0.1) is 0 Å². The van der Waals surface area contributed by atoms with Crippen molar-refractivity contribution >= 4 is 12.1 Å². The fourth-order valence-electron chi connectivity index (χ4n) is 1.12. The average Bonchev–Trinajstić information content (AvgIpc) is 2.34. The van der Waals surface area contributed by atoms with Crippen LogP contribution in [0.5, 0.6) is 0 Å². The Morgan fingerprint density at radius 2 is 1.94 bits per heavy atom. The zero-order valence-electron chi connectivity index (χ0n) is 9.33. The third-order valence-corrected chi connectivity index (χ3v) is 1.91. The van der Waals surface area contributed by atoms with Crippen LogP contribution in [0.3, 0.4) is 0 Å². The summed E-state index contributed by atoms with van der Waals surface area (Å²) in [6, 6.07) is 9.06. The first-order valence-corrected chi connectivity index (χ1v) is 4.87. The molecule has 0 saturated carbocycles. The maximum Gasteiger partial charge on any atom is 0.434 e. The van der Waals surface area contributed by atoms with Crippen LogP contribution in [0.2, 0.25) is 0 Å². The summed E-state index contributed by atoms with van der Waals surface area (Å²) >= 11 is 0. The molecular weight excluding hydrogens is 226 g/mol. The second kappa shape index (κ2) is 6.49. The SMILES string of the molecule is CON(CC(=O)O)C(=O)OCc1ccccc1. The van der Waals surface area contributed by atoms with E-state index in [1.54, 1.807) is 12.1 Å². The lowest BCUT2D eigenvalue weighted by atomic mass is 10.2. The van der Waals surface area contributed by atoms with Gasteiger partial charge in [-0.25, -0.2) is 4.79 Å². The molecule has 0 fully saturated rings. The largest absolute Gasteiger partial charge is 0.480 e. The Kier molecular flexibility index (Phi) is 4.96. The van der Waals surface area contributed by atoms with Gasteiger partial charge in [-0.3, -0.25) is 9.63 Å². The van der Waals surface area contributed by atoms with Gasteiger partial charge in [0.05, 0.1) is 7.11 Å². The second-order valence-corrected chi connectivity index (χ2v) is 3.15. The van der Waals surface area contributed by atoms with E-state index < -0.39 is 18.6 Å². The van der Waals surface area contributed by atoms with Crippen LogP contribution < -0.4 is 0 Å². The number of carboxylic acid groups (broad SMARTS) is 1. The highest BCUT2D eigenvalue weighted by Crippen LogP contribution is 2.03. The Balaban J connectivity index is 2.45. The molecule has 0 aliphatic carbocycles. The van der Waals surface area contributed by atoms with Crippen molar-refractivity contribution in [3.8, 4) is 0 Å². The van der Waals surface area contributed by atoms with Gasteiger partial charge in [-0.15, -0.1) is 0 Å². The van der Waals surface area contributed by atoms with Gasteiger partial charge < -0.3 is 9.84 Å². The minimum absolute atomic E-state index is 0.0686. The summed E-state index contributed by atoms with van der Waals surface area (Å²) < 4.78 is 4.88. The van der Waals surface area contributed by atoms with Crippen LogP contribution in [-0.2, 0) is 21.0 Å². The van der Waals surface area contributed by atoms with Crippen molar-refractivity contribution in [2.75, 3.05) is 13.7 Å². The zero-order chi connectivity index (χ0) is 12.7. The van der Waals surface area contributed by atoms with Gasteiger partial charge in [0.1, 0.15) is 13.2 Å². The molecule has 0 atom stereocenters. The first kappa shape index (κ1) is 13.0. The number of hydrogen-bond acceptors (Lipinski definition) is 4. The summed E-state index contributed by atoms with van der Waals surface area (Å²) in [6.07, 6.45) is -0.834. The van der Waals surface area contributed by atoms with E-state index in [-0.39, 0.29) is 6.61 Å². The summed E-state index contributed by atoms with van der Waals surface area (Å²) in [7, 11) is 1.20. The number of ether oxygens (including phenoxy) is 1. The molecule has 1 amide bonds. The summed E-state index contributed by atoms with van der Waals surface area (Å²) in [5.41, 5.74) is 0.812. The van der Waals surface area contributed by atoms with Crippen molar-refractivity contribution in [1.82, 2.24) is 5.06 Å². The highest BCUT2D eigenvalue weighted by Gasteiger charge is 2.17. The number of hydrogen-bond donors (Lipinski definition) is 1. The third kappa shape index (κ3) is 4.52. The topological polar surface area (TPSA) is 76.1 Å². The summed E-state index contributed by atoms with van der Waals surface area (Å²) in [5.74, 6) is -1.18. The molecule has 0 radical (unpaired) electrons. The molecule has 0 saturated heterocycles. The maximum absolute atomic E-state index is 11.4. The number of aliphatic carboxylic acids is 1. The predicted molar refractivity (Wildman–Crippen MR) is 58.0 cm³/mol. The molecule has 0 aromatic heterocycles. The van der Waals surface area contributed by atoms with E-state index in [4.69, 9.17) is 9.84 Å². The Bertz CT molecular complexity index is 379. The van der Waals surface area contributed by atoms with E-state index in [1.165, 1.54) is 7.11 Å². The number of carbonyl (C=O) groups excluding carboxylic acids is 1. The maximum atomic E-state index is 11.4. The van der Waals surface area contributed by atoms with Crippen molar-refractivity contribution in [3.63, 3.8) is 0 Å². The van der Waals surface area contributed by atoms with Gasteiger partial charge in [0.2, 0.25) is 0 Å². The van der Waals surface area contributed by atoms with Gasteiger partial charge >= 0.3 is 12.1 Å². The molecule has 1 N–H and O–H groups in total. The quantitative estimate of drug-likeness (QED) is 0.783. The van der Waals surface area contributed by atoms with Crippen LogP contribution in [0.4, 0.5) is 4.79 Å². The van der Waals surface area contributed by atoms with Crippen molar-refractivity contribution < 1.29 is 24.3 Å². The van der Waals surface area contributed by atoms with E-state index in [0.717, 1.165) is 5.56 Å². The molecule has 0 aliphatic rings. The Labute approximate surface area is 98.3 Å². The van der Waals surface area contributed by atoms with E-state index >= 15 is 0 Å². The standard InChI is InChI=1S/C11H13NO5/c1-16-12(7-10(13)14)11(15)17-8-9-5-3-2-4-6-9/h2-6H,7-8H2,1H3,(H,13,14). The highest BCUT2D eigenvalue weighted by atomic mass is 16.7. The lowest BCUT2D eigenvalue weighted by molar-refractivity contribution is -0.155. The molecular formula is C11H13NO5. The van der Waals surface area contributed by atoms with Gasteiger partial charge in [-0.1, -0.05) is 30.3 Å². The molecule has 0 aliphatic heterocycles. The Morgan fingerprint density at radius 1 is 1.29 bits per heavy atom. The molecule has 6 nitrogen and oxygen atoms in total. The highest BCUT2D eigenvalue weighted by molar-refractivity contribution is 5.75. The lowest BCUT2D eigenvalue weighted by Crippen LogP contribution is -2.35. The minimum atomic E-state index is -1.18. The average molecular weight is 239 g/mol. The number of hydroxylamine groups is 2. The van der Waals surface area contributed by atoms with Crippen molar-refractivity contribution in [1.29, 1.82) is 0 Å². The minimum Gasteiger partial charge on any atom is -0.480 e.